The van der Waals surface area contributed by atoms with E-state index in [2.05, 4.69) is 32.5 Å². The number of hydrogen-bond acceptors (Lipinski definition) is 10. The number of alkyl halides is 3. The molecule has 1 aliphatic rings. The van der Waals surface area contributed by atoms with Crippen molar-refractivity contribution in [1.82, 2.24) is 14.9 Å². The monoisotopic (exact) mass is 764 g/mol. The largest absolute Gasteiger partial charge is 0.497 e. The Morgan fingerprint density at radius 2 is 1.69 bits per heavy atom. The SMILES string of the molecule is C=CC(=O)N1CCN(c2ncnc3cc(COc4ccc(NC(=O)CC)cc4NC(=O)/C(C=N)=C(/Nc4ccc(OC)cc4)C(F)(F)F)c(Cl)cc23)CC1. The van der Waals surface area contributed by atoms with E-state index in [1.807, 2.05) is 4.90 Å². The van der Waals surface area contributed by atoms with Crippen LogP contribution in [0.4, 0.5) is 36.1 Å². The summed E-state index contributed by atoms with van der Waals surface area (Å²) >= 11 is 6.72. The fourth-order valence-corrected chi connectivity index (χ4v) is 5.74. The van der Waals surface area contributed by atoms with Gasteiger partial charge in [0.25, 0.3) is 5.91 Å². The van der Waals surface area contributed by atoms with Gasteiger partial charge in [0.15, 0.2) is 0 Å². The average Bonchev–Trinajstić information content (AvgIpc) is 3.17. The van der Waals surface area contributed by atoms with Crippen molar-refractivity contribution >= 4 is 69.3 Å². The number of hydrogen-bond donors (Lipinski definition) is 4. The fraction of sp³-hybridized carbons (Fsp3) is 0.243. The van der Waals surface area contributed by atoms with Crippen LogP contribution in [-0.2, 0) is 21.0 Å². The van der Waals surface area contributed by atoms with E-state index in [9.17, 15) is 27.6 Å². The van der Waals surface area contributed by atoms with Gasteiger partial charge in [0, 0.05) is 66.2 Å². The van der Waals surface area contributed by atoms with E-state index in [-0.39, 0.29) is 47.7 Å². The molecule has 0 radical (unpaired) electrons. The van der Waals surface area contributed by atoms with E-state index in [4.69, 9.17) is 26.5 Å². The number of carbonyl (C=O) groups excluding carboxylic acids is 3. The molecule has 2 heterocycles. The predicted octanol–water partition coefficient (Wildman–Crippen LogP) is 6.57. The minimum atomic E-state index is -5.06. The molecule has 0 spiro atoms. The van der Waals surface area contributed by atoms with E-state index in [1.54, 1.807) is 24.0 Å². The lowest BCUT2D eigenvalue weighted by molar-refractivity contribution is -0.126. The summed E-state index contributed by atoms with van der Waals surface area (Å²) < 4.78 is 54.1. The lowest BCUT2D eigenvalue weighted by atomic mass is 10.1. The molecule has 3 amide bonds. The molecule has 17 heteroatoms. The topological polar surface area (TPSA) is 162 Å². The Balaban J connectivity index is 1.42. The van der Waals surface area contributed by atoms with Gasteiger partial charge in [0.05, 0.1) is 23.9 Å². The van der Waals surface area contributed by atoms with E-state index in [0.717, 1.165) is 0 Å². The molecule has 0 bridgehead atoms. The number of ether oxygens (including phenoxy) is 2. The Kier molecular flexibility index (Phi) is 12.4. The summed E-state index contributed by atoms with van der Waals surface area (Å²) in [5.74, 6) is -0.681. The molecular formula is C37H36ClF3N8O5. The molecule has 4 aromatic rings. The summed E-state index contributed by atoms with van der Waals surface area (Å²) in [6, 6.07) is 13.2. The second-order valence-electron chi connectivity index (χ2n) is 11.8. The third kappa shape index (κ3) is 9.25. The van der Waals surface area contributed by atoms with Crippen LogP contribution in [0.15, 0.2) is 84.8 Å². The minimum absolute atomic E-state index is 0.00388. The first-order valence-corrected chi connectivity index (χ1v) is 16.9. The third-order valence-corrected chi connectivity index (χ3v) is 8.72. The zero-order valence-corrected chi connectivity index (χ0v) is 30.0. The molecule has 282 valence electrons. The maximum Gasteiger partial charge on any atom is 0.432 e. The fourth-order valence-electron chi connectivity index (χ4n) is 5.52. The van der Waals surface area contributed by atoms with Crippen molar-refractivity contribution in [3.05, 3.63) is 95.4 Å². The molecule has 0 aliphatic carbocycles. The number of carbonyl (C=O) groups is 3. The minimum Gasteiger partial charge on any atom is -0.497 e. The number of amides is 3. The van der Waals surface area contributed by atoms with Gasteiger partial charge in [-0.15, -0.1) is 0 Å². The van der Waals surface area contributed by atoms with Gasteiger partial charge < -0.3 is 40.6 Å². The number of fused-ring (bicyclic) bond motifs is 1. The van der Waals surface area contributed by atoms with Gasteiger partial charge in [-0.2, -0.15) is 13.2 Å². The first kappa shape index (κ1) is 39.1. The van der Waals surface area contributed by atoms with Crippen LogP contribution >= 0.6 is 11.6 Å². The molecule has 0 atom stereocenters. The van der Waals surface area contributed by atoms with Crippen LogP contribution in [-0.4, -0.2) is 78.3 Å². The smallest absolute Gasteiger partial charge is 0.432 e. The summed E-state index contributed by atoms with van der Waals surface area (Å²) in [7, 11) is 1.41. The molecule has 1 aliphatic heterocycles. The van der Waals surface area contributed by atoms with Gasteiger partial charge in [0.1, 0.15) is 35.9 Å². The van der Waals surface area contributed by atoms with Gasteiger partial charge in [-0.3, -0.25) is 14.4 Å². The standard InChI is InChI=1S/C37H36ClF3N8O5/c1-4-32(50)45-24-8-11-31(30(17-24)47-36(52)27(19-42)34(37(39,40)41)46-23-6-9-25(53-3)10-7-23)54-20-22-16-29-26(18-28(22)38)35(44-21-43-29)49-14-12-48(13-15-49)33(51)5-2/h5-11,16-19,21,42,46H,2,4,12-15,20H2,1,3H3,(H,45,50)(H,47,52)/b34-27+,42-19?. The van der Waals surface area contributed by atoms with Crippen molar-refractivity contribution in [2.45, 2.75) is 26.1 Å². The Hall–Kier alpha value is -6.16. The zero-order chi connectivity index (χ0) is 39.0. The molecule has 0 saturated carbocycles. The summed E-state index contributed by atoms with van der Waals surface area (Å²) in [6.07, 6.45) is -1.92. The van der Waals surface area contributed by atoms with Crippen molar-refractivity contribution in [3.8, 4) is 11.5 Å². The van der Waals surface area contributed by atoms with Crippen LogP contribution in [0.3, 0.4) is 0 Å². The van der Waals surface area contributed by atoms with Gasteiger partial charge in [0.2, 0.25) is 11.8 Å². The number of nitrogens with zero attached hydrogens (tertiary/aromatic N) is 4. The molecule has 5 rings (SSSR count). The predicted molar refractivity (Wildman–Crippen MR) is 200 cm³/mol. The molecule has 3 aromatic carbocycles. The normalized spacial score (nSPS) is 13.4. The number of nitrogens with one attached hydrogen (secondary N) is 4. The number of aromatic nitrogens is 2. The van der Waals surface area contributed by atoms with E-state index < -0.39 is 23.4 Å². The molecule has 1 fully saturated rings. The summed E-state index contributed by atoms with van der Waals surface area (Å²) in [6.45, 7) is 7.08. The van der Waals surface area contributed by atoms with Crippen LogP contribution in [0.5, 0.6) is 11.5 Å². The second kappa shape index (κ2) is 17.1. The lowest BCUT2D eigenvalue weighted by Crippen LogP contribution is -2.48. The molecule has 0 unspecified atom stereocenters. The average molecular weight is 765 g/mol. The van der Waals surface area contributed by atoms with Crippen LogP contribution in [0, 0.1) is 5.41 Å². The van der Waals surface area contributed by atoms with Crippen LogP contribution < -0.4 is 30.3 Å². The van der Waals surface area contributed by atoms with Gasteiger partial charge >= 0.3 is 6.18 Å². The van der Waals surface area contributed by atoms with Gasteiger partial charge in [-0.05, 0) is 60.7 Å². The molecule has 13 nitrogen and oxygen atoms in total. The highest BCUT2D eigenvalue weighted by Crippen LogP contribution is 2.35. The van der Waals surface area contributed by atoms with Gasteiger partial charge in [-0.25, -0.2) is 9.97 Å². The molecular weight excluding hydrogens is 729 g/mol. The Morgan fingerprint density at radius 1 is 0.981 bits per heavy atom. The van der Waals surface area contributed by atoms with Crippen molar-refractivity contribution in [1.29, 1.82) is 5.41 Å². The highest BCUT2D eigenvalue weighted by Gasteiger charge is 2.38. The number of rotatable bonds is 13. The number of piperazine rings is 1. The summed E-state index contributed by atoms with van der Waals surface area (Å²) in [5.41, 5.74) is -1.29. The van der Waals surface area contributed by atoms with Crippen LogP contribution in [0.25, 0.3) is 10.9 Å². The Bertz CT molecular complexity index is 2100. The van der Waals surface area contributed by atoms with Crippen molar-refractivity contribution in [2.75, 3.05) is 54.1 Å². The first-order chi connectivity index (χ1) is 25.8. The highest BCUT2D eigenvalue weighted by atomic mass is 35.5. The van der Waals surface area contributed by atoms with Crippen molar-refractivity contribution in [3.63, 3.8) is 0 Å². The number of halogens is 4. The Labute approximate surface area is 313 Å². The van der Waals surface area contributed by atoms with E-state index >= 15 is 0 Å². The first-order valence-electron chi connectivity index (χ1n) is 16.6. The molecule has 1 aromatic heterocycles. The molecule has 1 saturated heterocycles. The zero-order valence-electron chi connectivity index (χ0n) is 29.2. The lowest BCUT2D eigenvalue weighted by Gasteiger charge is -2.35. The van der Waals surface area contributed by atoms with E-state index in [1.165, 1.54) is 62.0 Å². The summed E-state index contributed by atoms with van der Waals surface area (Å²) in [5, 5.41) is 16.0. The van der Waals surface area contributed by atoms with Crippen molar-refractivity contribution in [2.24, 2.45) is 0 Å². The van der Waals surface area contributed by atoms with Crippen molar-refractivity contribution < 1.29 is 37.0 Å². The number of methoxy groups -OCH3 is 1. The quantitative estimate of drug-likeness (QED) is 0.0872. The third-order valence-electron chi connectivity index (χ3n) is 8.36. The second-order valence-corrected chi connectivity index (χ2v) is 12.2. The number of benzene rings is 3. The van der Waals surface area contributed by atoms with Crippen LogP contribution in [0.1, 0.15) is 18.9 Å². The summed E-state index contributed by atoms with van der Waals surface area (Å²) in [4.78, 5) is 50.3. The number of allylic oxidation sites excluding steroid dienone is 1. The highest BCUT2D eigenvalue weighted by molar-refractivity contribution is 6.32. The number of anilines is 4. The molecule has 4 N–H and O–H groups in total. The Morgan fingerprint density at radius 3 is 2.31 bits per heavy atom. The maximum atomic E-state index is 14.3. The van der Waals surface area contributed by atoms with Crippen LogP contribution in [0.2, 0.25) is 5.02 Å². The van der Waals surface area contributed by atoms with Gasteiger partial charge in [-0.1, -0.05) is 25.1 Å². The maximum absolute atomic E-state index is 14.3. The molecule has 54 heavy (non-hydrogen) atoms. The van der Waals surface area contributed by atoms with E-state index in [0.29, 0.717) is 65.5 Å².